The fourth-order valence-electron chi connectivity index (χ4n) is 4.00. The molecule has 182 valence electrons. The van der Waals surface area contributed by atoms with Gasteiger partial charge in [-0.1, -0.05) is 53.7 Å². The summed E-state index contributed by atoms with van der Waals surface area (Å²) < 4.78 is 26.9. The molecular weight excluding hydrogens is 506 g/mol. The van der Waals surface area contributed by atoms with Crippen molar-refractivity contribution in [1.82, 2.24) is 5.01 Å². The number of carbonyl (C=O) groups is 2. The number of nitrogens with one attached hydrogen (secondary N) is 1. The first kappa shape index (κ1) is 24.1. The predicted octanol–water partition coefficient (Wildman–Crippen LogP) is 5.80. The minimum atomic E-state index is -0.732. The van der Waals surface area contributed by atoms with Crippen molar-refractivity contribution in [2.45, 2.75) is 24.1 Å². The van der Waals surface area contributed by atoms with Gasteiger partial charge in [0.05, 0.1) is 11.8 Å². The van der Waals surface area contributed by atoms with Gasteiger partial charge in [0.1, 0.15) is 16.9 Å². The summed E-state index contributed by atoms with van der Waals surface area (Å²) in [6, 6.07) is 18.7. The molecule has 5 rings (SSSR count). The highest BCUT2D eigenvalue weighted by Gasteiger charge is 2.39. The molecule has 0 saturated heterocycles. The molecular formula is C26H19ClF2N4O2S. The lowest BCUT2D eigenvalue weighted by atomic mass is 9.99. The van der Waals surface area contributed by atoms with Crippen LogP contribution >= 0.6 is 23.4 Å². The fourth-order valence-corrected chi connectivity index (χ4v) is 5.19. The highest BCUT2D eigenvalue weighted by Crippen LogP contribution is 2.39. The topological polar surface area (TPSA) is 74.1 Å². The number of benzene rings is 3. The Morgan fingerprint density at radius 3 is 2.53 bits per heavy atom. The number of aliphatic imine (C=N–C) groups is 1. The third kappa shape index (κ3) is 5.32. The summed E-state index contributed by atoms with van der Waals surface area (Å²) in [7, 11) is 0. The van der Waals surface area contributed by atoms with Gasteiger partial charge in [0.15, 0.2) is 5.17 Å². The van der Waals surface area contributed by atoms with Crippen molar-refractivity contribution >= 4 is 51.7 Å². The normalized spacial score (nSPS) is 19.3. The molecule has 0 unspecified atom stereocenters. The summed E-state index contributed by atoms with van der Waals surface area (Å²) >= 11 is 7.22. The van der Waals surface area contributed by atoms with Gasteiger partial charge in [-0.3, -0.25) is 9.59 Å². The van der Waals surface area contributed by atoms with E-state index < -0.39 is 22.9 Å². The van der Waals surface area contributed by atoms with Crippen LogP contribution < -0.4 is 5.32 Å². The number of hydrogen-bond acceptors (Lipinski definition) is 5. The van der Waals surface area contributed by atoms with Crippen LogP contribution in [0.3, 0.4) is 0 Å². The Hall–Kier alpha value is -3.56. The minimum Gasteiger partial charge on any atom is -0.326 e. The van der Waals surface area contributed by atoms with Crippen LogP contribution in [0.2, 0.25) is 5.02 Å². The van der Waals surface area contributed by atoms with Crippen molar-refractivity contribution in [2.24, 2.45) is 10.1 Å². The number of amides is 2. The van der Waals surface area contributed by atoms with E-state index in [-0.39, 0.29) is 18.3 Å². The third-order valence-electron chi connectivity index (χ3n) is 5.75. The number of halogens is 3. The number of hydrogen-bond donors (Lipinski definition) is 1. The lowest BCUT2D eigenvalue weighted by Gasteiger charge is -2.23. The molecule has 2 atom stereocenters. The second-order valence-electron chi connectivity index (χ2n) is 8.27. The molecule has 0 bridgehead atoms. The number of carbonyl (C=O) groups excluding carboxylic acids is 2. The number of hydrazone groups is 1. The molecule has 2 aliphatic heterocycles. The van der Waals surface area contributed by atoms with E-state index in [0.29, 0.717) is 22.3 Å². The molecule has 1 N–H and O–H groups in total. The van der Waals surface area contributed by atoms with Crippen LogP contribution in [0, 0.1) is 11.6 Å². The maximum atomic E-state index is 13.4. The Balaban J connectivity index is 1.35. The molecule has 36 heavy (non-hydrogen) atoms. The van der Waals surface area contributed by atoms with Crippen molar-refractivity contribution in [3.05, 3.63) is 101 Å². The fraction of sp³-hybridized carbons (Fsp3) is 0.154. The van der Waals surface area contributed by atoms with Crippen LogP contribution in [-0.2, 0) is 9.59 Å². The molecule has 2 aliphatic rings. The highest BCUT2D eigenvalue weighted by molar-refractivity contribution is 8.15. The molecule has 0 radical (unpaired) electrons. The van der Waals surface area contributed by atoms with Gasteiger partial charge in [0.25, 0.3) is 5.91 Å². The maximum absolute atomic E-state index is 13.4. The van der Waals surface area contributed by atoms with Gasteiger partial charge in [-0.2, -0.15) is 10.1 Å². The summed E-state index contributed by atoms with van der Waals surface area (Å²) in [5, 5.41) is 9.24. The monoisotopic (exact) mass is 524 g/mol. The van der Waals surface area contributed by atoms with Gasteiger partial charge in [-0.25, -0.2) is 13.8 Å². The van der Waals surface area contributed by atoms with E-state index in [4.69, 9.17) is 16.7 Å². The van der Waals surface area contributed by atoms with Gasteiger partial charge in [-0.05, 0) is 53.6 Å². The first-order chi connectivity index (χ1) is 17.4. The summed E-state index contributed by atoms with van der Waals surface area (Å²) in [6.45, 7) is 0. The first-order valence-electron chi connectivity index (χ1n) is 11.1. The summed E-state index contributed by atoms with van der Waals surface area (Å²) in [5.41, 5.74) is 2.72. The molecule has 0 saturated carbocycles. The van der Waals surface area contributed by atoms with Crippen molar-refractivity contribution in [1.29, 1.82) is 0 Å². The average molecular weight is 525 g/mol. The lowest BCUT2D eigenvalue weighted by Crippen LogP contribution is -2.25. The standard InChI is InChI=1S/C26H19ClF2N4O2S/c27-17-8-4-16(5-9-17)22-13-21(15-6-10-18(28)11-7-15)32-33(22)26-31-25(35)23(36-26)14-24(34)30-20-3-1-2-19(29)12-20/h1-12,22-23H,13-14H2,(H,30,34)/t22-,23-/m1/s1. The van der Waals surface area contributed by atoms with E-state index in [1.165, 1.54) is 30.3 Å². The van der Waals surface area contributed by atoms with Crippen molar-refractivity contribution in [2.75, 3.05) is 5.32 Å². The number of thioether (sulfide) groups is 1. The maximum Gasteiger partial charge on any atom is 0.262 e. The molecule has 0 spiro atoms. The Bertz CT molecular complexity index is 1380. The number of amidine groups is 1. The van der Waals surface area contributed by atoms with E-state index in [1.807, 2.05) is 12.1 Å². The zero-order chi connectivity index (χ0) is 25.2. The van der Waals surface area contributed by atoms with Gasteiger partial charge in [0.2, 0.25) is 5.91 Å². The SMILES string of the molecule is O=C(C[C@H]1SC(N2N=C(c3ccc(F)cc3)C[C@@H]2c2ccc(Cl)cc2)=NC1=O)Nc1cccc(F)c1. The van der Waals surface area contributed by atoms with Crippen LogP contribution in [0.5, 0.6) is 0 Å². The summed E-state index contributed by atoms with van der Waals surface area (Å²) in [6.07, 6.45) is 0.382. The van der Waals surface area contributed by atoms with E-state index in [0.717, 1.165) is 28.6 Å². The number of nitrogens with zero attached hydrogens (tertiary/aromatic N) is 3. The van der Waals surface area contributed by atoms with E-state index in [9.17, 15) is 18.4 Å². The molecule has 2 heterocycles. The van der Waals surface area contributed by atoms with Crippen LogP contribution in [0.15, 0.2) is 82.9 Å². The Morgan fingerprint density at radius 1 is 1.06 bits per heavy atom. The van der Waals surface area contributed by atoms with Gasteiger partial charge in [-0.15, -0.1) is 0 Å². The van der Waals surface area contributed by atoms with Crippen molar-refractivity contribution in [3.8, 4) is 0 Å². The molecule has 6 nitrogen and oxygen atoms in total. The van der Waals surface area contributed by atoms with Crippen LogP contribution in [0.25, 0.3) is 0 Å². The van der Waals surface area contributed by atoms with Crippen LogP contribution in [-0.4, -0.2) is 33.0 Å². The van der Waals surface area contributed by atoms with E-state index >= 15 is 0 Å². The molecule has 0 fully saturated rings. The minimum absolute atomic E-state index is 0.124. The lowest BCUT2D eigenvalue weighted by molar-refractivity contribution is -0.121. The molecule has 3 aromatic carbocycles. The summed E-state index contributed by atoms with van der Waals surface area (Å²) in [4.78, 5) is 29.4. The van der Waals surface area contributed by atoms with Crippen molar-refractivity contribution < 1.29 is 18.4 Å². The second kappa shape index (κ2) is 10.2. The zero-order valence-corrected chi connectivity index (χ0v) is 20.3. The number of anilines is 1. The first-order valence-corrected chi connectivity index (χ1v) is 12.3. The van der Waals surface area contributed by atoms with Crippen LogP contribution in [0.4, 0.5) is 14.5 Å². The Morgan fingerprint density at radius 2 is 1.81 bits per heavy atom. The second-order valence-corrected chi connectivity index (χ2v) is 9.88. The van der Waals surface area contributed by atoms with Crippen LogP contribution in [0.1, 0.15) is 30.0 Å². The van der Waals surface area contributed by atoms with Gasteiger partial charge in [0, 0.05) is 23.6 Å². The zero-order valence-electron chi connectivity index (χ0n) is 18.7. The Kier molecular flexibility index (Phi) is 6.84. The Labute approximate surface area is 215 Å². The van der Waals surface area contributed by atoms with Gasteiger partial charge >= 0.3 is 0 Å². The molecule has 0 aromatic heterocycles. The number of rotatable bonds is 5. The quantitative estimate of drug-likeness (QED) is 0.458. The molecule has 2 amide bonds. The molecule has 0 aliphatic carbocycles. The van der Waals surface area contributed by atoms with E-state index in [2.05, 4.69) is 10.3 Å². The summed E-state index contributed by atoms with van der Waals surface area (Å²) in [5.74, 6) is -1.68. The largest absolute Gasteiger partial charge is 0.326 e. The third-order valence-corrected chi connectivity index (χ3v) is 7.14. The molecule has 10 heteroatoms. The van der Waals surface area contributed by atoms with E-state index in [1.54, 1.807) is 35.3 Å². The molecule has 3 aromatic rings. The van der Waals surface area contributed by atoms with Gasteiger partial charge < -0.3 is 5.32 Å². The average Bonchev–Trinajstić information content (AvgIpc) is 3.44. The van der Waals surface area contributed by atoms with Crippen molar-refractivity contribution in [3.63, 3.8) is 0 Å². The highest BCUT2D eigenvalue weighted by atomic mass is 35.5. The predicted molar refractivity (Wildman–Crippen MR) is 137 cm³/mol. The smallest absolute Gasteiger partial charge is 0.262 e.